The van der Waals surface area contributed by atoms with Gasteiger partial charge in [-0.15, -0.1) is 0 Å². The van der Waals surface area contributed by atoms with E-state index in [1.54, 1.807) is 12.4 Å². The molecule has 1 aliphatic rings. The zero-order valence-electron chi connectivity index (χ0n) is 13.8. The van der Waals surface area contributed by atoms with Gasteiger partial charge >= 0.3 is 0 Å². The summed E-state index contributed by atoms with van der Waals surface area (Å²) >= 11 is 0. The lowest BCUT2D eigenvalue weighted by Crippen LogP contribution is -2.00. The predicted molar refractivity (Wildman–Crippen MR) is 94.0 cm³/mol. The van der Waals surface area contributed by atoms with Gasteiger partial charge in [-0.05, 0) is 59.7 Å². The molecular formula is C20H18N4O. The molecule has 25 heavy (non-hydrogen) atoms. The van der Waals surface area contributed by atoms with Crippen LogP contribution in [0.4, 0.5) is 0 Å². The lowest BCUT2D eigenvalue weighted by atomic mass is 10.0. The van der Waals surface area contributed by atoms with Crippen molar-refractivity contribution >= 4 is 0 Å². The zero-order valence-corrected chi connectivity index (χ0v) is 13.8. The van der Waals surface area contributed by atoms with Crippen LogP contribution in [0.1, 0.15) is 29.7 Å². The van der Waals surface area contributed by atoms with E-state index in [0.29, 0.717) is 23.8 Å². The molecule has 0 radical (unpaired) electrons. The van der Waals surface area contributed by atoms with Crippen LogP contribution in [0.3, 0.4) is 0 Å². The molecule has 0 spiro atoms. The number of nitrogens with one attached hydrogen (secondary N) is 1. The van der Waals surface area contributed by atoms with Crippen molar-refractivity contribution in [1.82, 2.24) is 15.2 Å². The van der Waals surface area contributed by atoms with Crippen molar-refractivity contribution in [2.45, 2.75) is 19.3 Å². The Morgan fingerprint density at radius 1 is 1.20 bits per heavy atom. The molecular weight excluding hydrogens is 312 g/mol. The summed E-state index contributed by atoms with van der Waals surface area (Å²) in [7, 11) is 0. The third kappa shape index (κ3) is 3.69. The van der Waals surface area contributed by atoms with Gasteiger partial charge in [-0.3, -0.25) is 10.1 Å². The summed E-state index contributed by atoms with van der Waals surface area (Å²) < 4.78 is 5.79. The quantitative estimate of drug-likeness (QED) is 0.747. The normalized spacial score (nSPS) is 13.4. The fourth-order valence-electron chi connectivity index (χ4n) is 2.75. The number of nitrogens with zero attached hydrogens (tertiary/aromatic N) is 3. The third-order valence-electron chi connectivity index (χ3n) is 4.36. The summed E-state index contributed by atoms with van der Waals surface area (Å²) in [5.74, 6) is 1.34. The summed E-state index contributed by atoms with van der Waals surface area (Å²) in [6.07, 6.45) is 8.65. The Balaban J connectivity index is 1.57. The molecule has 4 rings (SSSR count). The number of hydrogen-bond donors (Lipinski definition) is 1. The first kappa shape index (κ1) is 15.4. The maximum atomic E-state index is 9.44. The number of rotatable bonds is 6. The summed E-state index contributed by atoms with van der Waals surface area (Å²) in [6.45, 7) is 0.706. The number of ether oxygens (including phenoxy) is 1. The number of hydrogen-bond acceptors (Lipinski definition) is 4. The first-order valence-electron chi connectivity index (χ1n) is 8.42. The van der Waals surface area contributed by atoms with Gasteiger partial charge in [0.25, 0.3) is 0 Å². The summed E-state index contributed by atoms with van der Waals surface area (Å²) in [4.78, 5) is 4.42. The van der Waals surface area contributed by atoms with E-state index in [0.717, 1.165) is 28.8 Å². The maximum Gasteiger partial charge on any atom is 0.137 e. The molecule has 0 saturated heterocycles. The molecule has 1 fully saturated rings. The van der Waals surface area contributed by atoms with Gasteiger partial charge in [0.2, 0.25) is 0 Å². The lowest BCUT2D eigenvalue weighted by Gasteiger charge is -2.10. The van der Waals surface area contributed by atoms with Crippen LogP contribution in [0.15, 0.2) is 48.9 Å². The van der Waals surface area contributed by atoms with Crippen LogP contribution in [0, 0.1) is 17.2 Å². The highest BCUT2D eigenvalue weighted by Crippen LogP contribution is 2.31. The van der Waals surface area contributed by atoms with Crippen molar-refractivity contribution < 1.29 is 4.74 Å². The molecule has 0 atom stereocenters. The van der Waals surface area contributed by atoms with E-state index in [1.807, 2.05) is 36.5 Å². The Kier molecular flexibility index (Phi) is 4.17. The number of nitriles is 1. The smallest absolute Gasteiger partial charge is 0.137 e. The SMILES string of the molecule is N#Cc1cc(-c2ccnc(Cc3cn[nH]c3)c2)ccc1OCC1CC1. The van der Waals surface area contributed by atoms with Gasteiger partial charge in [0.15, 0.2) is 0 Å². The zero-order chi connectivity index (χ0) is 17.1. The van der Waals surface area contributed by atoms with Gasteiger partial charge in [-0.1, -0.05) is 6.07 Å². The van der Waals surface area contributed by atoms with Crippen molar-refractivity contribution in [3.05, 3.63) is 65.7 Å². The Morgan fingerprint density at radius 2 is 2.08 bits per heavy atom. The molecule has 5 nitrogen and oxygen atoms in total. The molecule has 2 heterocycles. The Bertz CT molecular complexity index is 908. The molecule has 2 aromatic heterocycles. The van der Waals surface area contributed by atoms with Gasteiger partial charge in [0, 0.05) is 24.5 Å². The molecule has 1 aliphatic carbocycles. The number of aromatic nitrogens is 3. The van der Waals surface area contributed by atoms with Crippen molar-refractivity contribution in [2.75, 3.05) is 6.61 Å². The van der Waals surface area contributed by atoms with Gasteiger partial charge in [-0.2, -0.15) is 10.4 Å². The Hall–Kier alpha value is -3.13. The molecule has 0 aliphatic heterocycles. The molecule has 0 unspecified atom stereocenters. The van der Waals surface area contributed by atoms with Gasteiger partial charge in [0.1, 0.15) is 11.8 Å². The van der Waals surface area contributed by atoms with E-state index in [1.165, 1.54) is 12.8 Å². The largest absolute Gasteiger partial charge is 0.492 e. The molecule has 1 N–H and O–H groups in total. The molecule has 5 heteroatoms. The topological polar surface area (TPSA) is 74.6 Å². The summed E-state index contributed by atoms with van der Waals surface area (Å²) in [5, 5.41) is 16.2. The van der Waals surface area contributed by atoms with Crippen molar-refractivity contribution in [3.63, 3.8) is 0 Å². The fraction of sp³-hybridized carbons (Fsp3) is 0.250. The molecule has 1 aromatic carbocycles. The van der Waals surface area contributed by atoms with Crippen LogP contribution in [-0.2, 0) is 6.42 Å². The molecule has 1 saturated carbocycles. The fourth-order valence-corrected chi connectivity index (χ4v) is 2.75. The van der Waals surface area contributed by atoms with E-state index < -0.39 is 0 Å². The third-order valence-corrected chi connectivity index (χ3v) is 4.36. The minimum atomic E-state index is 0.575. The van der Waals surface area contributed by atoms with Crippen LogP contribution < -0.4 is 4.74 Å². The van der Waals surface area contributed by atoms with Crippen LogP contribution in [0.5, 0.6) is 5.75 Å². The van der Waals surface area contributed by atoms with Gasteiger partial charge in [-0.25, -0.2) is 0 Å². The highest BCUT2D eigenvalue weighted by molar-refractivity contribution is 5.67. The number of pyridine rings is 1. The van der Waals surface area contributed by atoms with Crippen molar-refractivity contribution in [1.29, 1.82) is 5.26 Å². The maximum absolute atomic E-state index is 9.44. The van der Waals surface area contributed by atoms with E-state index >= 15 is 0 Å². The van der Waals surface area contributed by atoms with Crippen molar-refractivity contribution in [3.8, 4) is 22.9 Å². The first-order chi connectivity index (χ1) is 12.3. The number of aromatic amines is 1. The highest BCUT2D eigenvalue weighted by Gasteiger charge is 2.22. The second-order valence-electron chi connectivity index (χ2n) is 6.40. The predicted octanol–water partition coefficient (Wildman–Crippen LogP) is 3.72. The molecule has 0 amide bonds. The standard InChI is InChI=1S/C20H18N4O/c21-10-18-8-16(3-4-20(18)25-13-14-1-2-14)17-5-6-22-19(9-17)7-15-11-23-24-12-15/h3-6,8-9,11-12,14H,1-2,7,13H2,(H,23,24). The van der Waals surface area contributed by atoms with Crippen LogP contribution in [0.25, 0.3) is 11.1 Å². The Labute approximate surface area is 146 Å². The highest BCUT2D eigenvalue weighted by atomic mass is 16.5. The van der Waals surface area contributed by atoms with Gasteiger partial charge in [0.05, 0.1) is 18.4 Å². The molecule has 3 aromatic rings. The monoisotopic (exact) mass is 330 g/mol. The van der Waals surface area contributed by atoms with E-state index in [-0.39, 0.29) is 0 Å². The van der Waals surface area contributed by atoms with E-state index in [4.69, 9.17) is 4.74 Å². The minimum Gasteiger partial charge on any atom is -0.492 e. The van der Waals surface area contributed by atoms with Crippen molar-refractivity contribution in [2.24, 2.45) is 5.92 Å². The van der Waals surface area contributed by atoms with Crippen LogP contribution in [0.2, 0.25) is 0 Å². The van der Waals surface area contributed by atoms with Gasteiger partial charge < -0.3 is 4.74 Å². The second kappa shape index (κ2) is 6.78. The van der Waals surface area contributed by atoms with Crippen LogP contribution >= 0.6 is 0 Å². The first-order valence-corrected chi connectivity index (χ1v) is 8.42. The molecule has 124 valence electrons. The summed E-state index contributed by atoms with van der Waals surface area (Å²) in [6, 6.07) is 12.0. The second-order valence-corrected chi connectivity index (χ2v) is 6.40. The summed E-state index contributed by atoms with van der Waals surface area (Å²) in [5.41, 5.74) is 4.66. The lowest BCUT2D eigenvalue weighted by molar-refractivity contribution is 0.299. The molecule has 0 bridgehead atoms. The van der Waals surface area contributed by atoms with Crippen LogP contribution in [-0.4, -0.2) is 21.8 Å². The Morgan fingerprint density at radius 3 is 2.84 bits per heavy atom. The van der Waals surface area contributed by atoms with E-state index in [9.17, 15) is 5.26 Å². The minimum absolute atomic E-state index is 0.575. The van der Waals surface area contributed by atoms with E-state index in [2.05, 4.69) is 21.3 Å². The number of H-pyrrole nitrogens is 1. The number of benzene rings is 1. The average molecular weight is 330 g/mol. The average Bonchev–Trinajstić information content (AvgIpc) is 3.35.